The summed E-state index contributed by atoms with van der Waals surface area (Å²) in [5, 5.41) is 5.89. The molecule has 1 amide bonds. The van der Waals surface area contributed by atoms with Gasteiger partial charge in [0.15, 0.2) is 5.65 Å². The molecule has 1 aliphatic carbocycles. The molecule has 2 aromatic carbocycles. The molecule has 4 aromatic rings. The molecule has 31 heavy (non-hydrogen) atoms. The summed E-state index contributed by atoms with van der Waals surface area (Å²) in [4.78, 5) is 20.6. The number of amides is 1. The van der Waals surface area contributed by atoms with E-state index >= 15 is 0 Å². The van der Waals surface area contributed by atoms with Crippen LogP contribution in [0.15, 0.2) is 66.7 Å². The molecule has 0 radical (unpaired) electrons. The summed E-state index contributed by atoms with van der Waals surface area (Å²) in [6.07, 6.45) is 2.98. The number of carbonyl (C=O) groups is 1. The van der Waals surface area contributed by atoms with Gasteiger partial charge in [0.2, 0.25) is 0 Å². The van der Waals surface area contributed by atoms with Gasteiger partial charge >= 0.3 is 0 Å². The number of nitrogens with zero attached hydrogens (tertiary/aromatic N) is 4. The molecule has 0 bridgehead atoms. The smallest absolute Gasteiger partial charge is 0.259 e. The summed E-state index contributed by atoms with van der Waals surface area (Å²) < 4.78 is 1.91. The summed E-state index contributed by atoms with van der Waals surface area (Å²) in [5.41, 5.74) is 5.26. The Balaban J connectivity index is 1.74. The number of aromatic nitrogens is 3. The minimum atomic E-state index is 0.00492. The number of pyridine rings is 1. The number of aryl methyl sites for hydroxylation is 1. The molecule has 2 aromatic heterocycles. The second kappa shape index (κ2) is 7.99. The van der Waals surface area contributed by atoms with Crippen molar-refractivity contribution < 1.29 is 4.79 Å². The SMILES string of the molecule is CCc1cc(C(=O)N(CC)c2ccccc2)c2c(C3CC3)nn(-c3ccccc3)c2n1. The summed E-state index contributed by atoms with van der Waals surface area (Å²) in [7, 11) is 0. The van der Waals surface area contributed by atoms with Crippen LogP contribution in [0, 0.1) is 0 Å². The predicted molar refractivity (Wildman–Crippen MR) is 124 cm³/mol. The van der Waals surface area contributed by atoms with E-state index in [0.29, 0.717) is 18.0 Å². The lowest BCUT2D eigenvalue weighted by Gasteiger charge is -2.22. The Morgan fingerprint density at radius 3 is 2.32 bits per heavy atom. The lowest BCUT2D eigenvalue weighted by atomic mass is 10.0. The third kappa shape index (κ3) is 3.50. The third-order valence-electron chi connectivity index (χ3n) is 5.90. The van der Waals surface area contributed by atoms with E-state index in [4.69, 9.17) is 10.1 Å². The number of carbonyl (C=O) groups excluding carboxylic acids is 1. The van der Waals surface area contributed by atoms with Crippen molar-refractivity contribution in [3.05, 3.63) is 83.7 Å². The molecule has 0 saturated heterocycles. The maximum atomic E-state index is 13.9. The Bertz CT molecular complexity index is 1230. The Kier molecular flexibility index (Phi) is 5.02. The summed E-state index contributed by atoms with van der Waals surface area (Å²) in [6, 6.07) is 21.9. The molecule has 0 aliphatic heterocycles. The van der Waals surface area contributed by atoms with Crippen molar-refractivity contribution in [2.75, 3.05) is 11.4 Å². The van der Waals surface area contributed by atoms with Gasteiger partial charge < -0.3 is 4.90 Å². The average molecular weight is 411 g/mol. The summed E-state index contributed by atoms with van der Waals surface area (Å²) in [6.45, 7) is 4.68. The number of rotatable bonds is 6. The molecular formula is C26H26N4O. The van der Waals surface area contributed by atoms with Crippen LogP contribution in [-0.2, 0) is 6.42 Å². The van der Waals surface area contributed by atoms with Crippen LogP contribution < -0.4 is 4.90 Å². The lowest BCUT2D eigenvalue weighted by molar-refractivity contribution is 0.0989. The Hall–Kier alpha value is -3.47. The first kappa shape index (κ1) is 19.5. The van der Waals surface area contributed by atoms with Crippen LogP contribution in [0.3, 0.4) is 0 Å². The fourth-order valence-electron chi connectivity index (χ4n) is 4.13. The quantitative estimate of drug-likeness (QED) is 0.420. The van der Waals surface area contributed by atoms with Gasteiger partial charge in [0.25, 0.3) is 5.91 Å². The molecule has 1 fully saturated rings. The Morgan fingerprint density at radius 1 is 1.03 bits per heavy atom. The Labute approximate surface area is 182 Å². The van der Waals surface area contributed by atoms with Crippen molar-refractivity contribution in [3.63, 3.8) is 0 Å². The molecular weight excluding hydrogens is 384 g/mol. The topological polar surface area (TPSA) is 51.0 Å². The lowest BCUT2D eigenvalue weighted by Crippen LogP contribution is -2.31. The standard InChI is InChI=1S/C26H26N4O/c1-3-19-17-22(26(31)29(4-2)20-11-7-5-8-12-20)23-24(18-15-16-18)28-30(25(23)27-19)21-13-9-6-10-14-21/h5-14,17-18H,3-4,15-16H2,1-2H3. The van der Waals surface area contributed by atoms with E-state index < -0.39 is 0 Å². The first-order valence-electron chi connectivity index (χ1n) is 11.1. The van der Waals surface area contributed by atoms with Gasteiger partial charge in [0.05, 0.1) is 22.3 Å². The first-order valence-corrected chi connectivity index (χ1v) is 11.1. The zero-order chi connectivity index (χ0) is 21.4. The molecule has 5 nitrogen and oxygen atoms in total. The fourth-order valence-corrected chi connectivity index (χ4v) is 4.13. The van der Waals surface area contributed by atoms with Gasteiger partial charge in [-0.1, -0.05) is 43.3 Å². The van der Waals surface area contributed by atoms with Crippen LogP contribution in [0.5, 0.6) is 0 Å². The largest absolute Gasteiger partial charge is 0.309 e. The van der Waals surface area contributed by atoms with Crippen molar-refractivity contribution >= 4 is 22.6 Å². The van der Waals surface area contributed by atoms with Crippen molar-refractivity contribution in [2.24, 2.45) is 0 Å². The maximum Gasteiger partial charge on any atom is 0.259 e. The zero-order valence-corrected chi connectivity index (χ0v) is 18.0. The third-order valence-corrected chi connectivity index (χ3v) is 5.90. The van der Waals surface area contributed by atoms with E-state index in [9.17, 15) is 4.79 Å². The van der Waals surface area contributed by atoms with E-state index in [1.807, 2.05) is 83.2 Å². The van der Waals surface area contributed by atoms with Crippen LogP contribution in [0.2, 0.25) is 0 Å². The number of hydrogen-bond donors (Lipinski definition) is 0. The summed E-state index contributed by atoms with van der Waals surface area (Å²) in [5.74, 6) is 0.408. The number of fused-ring (bicyclic) bond motifs is 1. The monoisotopic (exact) mass is 410 g/mol. The minimum Gasteiger partial charge on any atom is -0.309 e. The molecule has 1 saturated carbocycles. The molecule has 0 unspecified atom stereocenters. The molecule has 2 heterocycles. The molecule has 156 valence electrons. The second-order valence-electron chi connectivity index (χ2n) is 8.01. The van der Waals surface area contributed by atoms with E-state index in [-0.39, 0.29) is 5.91 Å². The van der Waals surface area contributed by atoms with Crippen molar-refractivity contribution in [2.45, 2.75) is 39.0 Å². The molecule has 0 spiro atoms. The van der Waals surface area contributed by atoms with Crippen LogP contribution in [0.1, 0.15) is 54.4 Å². The fraction of sp³-hybridized carbons (Fsp3) is 0.269. The van der Waals surface area contributed by atoms with E-state index in [1.54, 1.807) is 0 Å². The maximum absolute atomic E-state index is 13.9. The van der Waals surface area contributed by atoms with Crippen molar-refractivity contribution in [3.8, 4) is 5.69 Å². The molecule has 5 rings (SSSR count). The van der Waals surface area contributed by atoms with Gasteiger partial charge in [-0.2, -0.15) is 5.10 Å². The summed E-state index contributed by atoms with van der Waals surface area (Å²) >= 11 is 0. The van der Waals surface area contributed by atoms with Crippen LogP contribution in [-0.4, -0.2) is 27.2 Å². The normalized spacial score (nSPS) is 13.5. The zero-order valence-electron chi connectivity index (χ0n) is 18.0. The predicted octanol–water partition coefficient (Wildman–Crippen LogP) is 5.53. The number of para-hydroxylation sites is 2. The van der Waals surface area contributed by atoms with E-state index in [0.717, 1.165) is 53.1 Å². The van der Waals surface area contributed by atoms with Gasteiger partial charge in [0, 0.05) is 23.8 Å². The van der Waals surface area contributed by atoms with Crippen LogP contribution in [0.25, 0.3) is 16.7 Å². The molecule has 0 atom stereocenters. The molecule has 5 heteroatoms. The van der Waals surface area contributed by atoms with E-state index in [2.05, 4.69) is 6.92 Å². The highest BCUT2D eigenvalue weighted by atomic mass is 16.2. The number of benzene rings is 2. The number of hydrogen-bond acceptors (Lipinski definition) is 3. The second-order valence-corrected chi connectivity index (χ2v) is 8.01. The molecule has 1 aliphatic rings. The van der Waals surface area contributed by atoms with Gasteiger partial charge in [-0.3, -0.25) is 4.79 Å². The average Bonchev–Trinajstić information content (AvgIpc) is 3.60. The van der Waals surface area contributed by atoms with Gasteiger partial charge in [-0.25, -0.2) is 9.67 Å². The first-order chi connectivity index (χ1) is 15.2. The van der Waals surface area contributed by atoms with Gasteiger partial charge in [-0.15, -0.1) is 0 Å². The molecule has 0 N–H and O–H groups in total. The highest BCUT2D eigenvalue weighted by Crippen LogP contribution is 2.44. The van der Waals surface area contributed by atoms with Crippen LogP contribution >= 0.6 is 0 Å². The Morgan fingerprint density at radius 2 is 1.71 bits per heavy atom. The minimum absolute atomic E-state index is 0.00492. The highest BCUT2D eigenvalue weighted by molar-refractivity contribution is 6.14. The number of anilines is 1. The van der Waals surface area contributed by atoms with Gasteiger partial charge in [0.1, 0.15) is 0 Å². The van der Waals surface area contributed by atoms with Crippen LogP contribution in [0.4, 0.5) is 5.69 Å². The van der Waals surface area contributed by atoms with Gasteiger partial charge in [-0.05, 0) is 56.5 Å². The van der Waals surface area contributed by atoms with Crippen molar-refractivity contribution in [1.82, 2.24) is 14.8 Å². The van der Waals surface area contributed by atoms with Crippen molar-refractivity contribution in [1.29, 1.82) is 0 Å². The van der Waals surface area contributed by atoms with E-state index in [1.165, 1.54) is 0 Å². The highest BCUT2D eigenvalue weighted by Gasteiger charge is 2.33.